The number of rotatable bonds is 2. The maximum atomic E-state index is 11.6. The van der Waals surface area contributed by atoms with E-state index in [1.165, 1.54) is 6.20 Å². The van der Waals surface area contributed by atoms with Gasteiger partial charge in [0.05, 0.1) is 6.20 Å². The van der Waals surface area contributed by atoms with Crippen LogP contribution in [0.15, 0.2) is 6.20 Å². The van der Waals surface area contributed by atoms with E-state index in [-0.39, 0.29) is 17.4 Å². The van der Waals surface area contributed by atoms with Gasteiger partial charge in [0, 0.05) is 6.04 Å². The normalized spacial score (nSPS) is 23.1. The van der Waals surface area contributed by atoms with Crippen LogP contribution in [0.5, 0.6) is 0 Å². The second-order valence-electron chi connectivity index (χ2n) is 4.42. The van der Waals surface area contributed by atoms with Crippen molar-refractivity contribution in [2.45, 2.75) is 26.3 Å². The number of aromatic amines is 1. The van der Waals surface area contributed by atoms with Crippen molar-refractivity contribution in [1.82, 2.24) is 15.5 Å². The molecule has 1 aliphatic carbocycles. The first-order valence-electron chi connectivity index (χ1n) is 4.60. The molecule has 1 aromatic heterocycles. The molecule has 0 radical (unpaired) electrons. The predicted octanol–water partition coefficient (Wildman–Crippen LogP) is 0.520. The highest BCUT2D eigenvalue weighted by atomic mass is 16.1. The fourth-order valence-corrected chi connectivity index (χ4v) is 1.43. The number of nitrogens with one attached hydrogen (secondary N) is 2. The van der Waals surface area contributed by atoms with Crippen LogP contribution in [0.3, 0.4) is 0 Å². The number of nitrogens with zero attached hydrogens (tertiary/aromatic N) is 1. The zero-order valence-corrected chi connectivity index (χ0v) is 8.29. The number of carbonyl (C=O) groups is 1. The maximum absolute atomic E-state index is 11.6. The van der Waals surface area contributed by atoms with Crippen LogP contribution < -0.4 is 11.1 Å². The van der Waals surface area contributed by atoms with Gasteiger partial charge in [-0.05, 0) is 11.8 Å². The van der Waals surface area contributed by atoms with Crippen LogP contribution >= 0.6 is 0 Å². The number of amides is 1. The summed E-state index contributed by atoms with van der Waals surface area (Å²) in [6.45, 7) is 4.24. The Morgan fingerprint density at radius 1 is 1.79 bits per heavy atom. The first-order chi connectivity index (χ1) is 6.50. The Labute approximate surface area is 82.1 Å². The topological polar surface area (TPSA) is 83.8 Å². The number of hydrogen-bond acceptors (Lipinski definition) is 3. The summed E-state index contributed by atoms with van der Waals surface area (Å²) in [5, 5.41) is 9.14. The van der Waals surface area contributed by atoms with Crippen molar-refractivity contribution in [3.05, 3.63) is 11.8 Å². The molecule has 0 aliphatic heterocycles. The van der Waals surface area contributed by atoms with Crippen LogP contribution in [0.1, 0.15) is 30.6 Å². The molecule has 1 aliphatic rings. The van der Waals surface area contributed by atoms with E-state index in [1.54, 1.807) is 0 Å². The Bertz CT molecular complexity index is 369. The van der Waals surface area contributed by atoms with Crippen LogP contribution in [0, 0.1) is 5.41 Å². The average Bonchev–Trinajstić information content (AvgIpc) is 2.53. The monoisotopic (exact) mass is 194 g/mol. The molecule has 0 bridgehead atoms. The van der Waals surface area contributed by atoms with E-state index in [0.29, 0.717) is 11.4 Å². The molecule has 4 N–H and O–H groups in total. The number of nitrogens with two attached hydrogens (primary N) is 1. The quantitative estimate of drug-likeness (QED) is 0.641. The zero-order chi connectivity index (χ0) is 10.3. The van der Waals surface area contributed by atoms with Gasteiger partial charge in [-0.2, -0.15) is 5.10 Å². The van der Waals surface area contributed by atoms with Gasteiger partial charge >= 0.3 is 0 Å². The van der Waals surface area contributed by atoms with Crippen LogP contribution in [-0.4, -0.2) is 22.1 Å². The molecular formula is C9H14N4O. The lowest BCUT2D eigenvalue weighted by atomic mass is 10.2. The molecule has 1 heterocycles. The van der Waals surface area contributed by atoms with Crippen molar-refractivity contribution < 1.29 is 4.79 Å². The van der Waals surface area contributed by atoms with E-state index in [4.69, 9.17) is 5.73 Å². The number of aromatic nitrogens is 2. The smallest absolute Gasteiger partial charge is 0.256 e. The molecule has 14 heavy (non-hydrogen) atoms. The van der Waals surface area contributed by atoms with Gasteiger partial charge in [0.15, 0.2) is 0 Å². The second kappa shape index (κ2) is 2.73. The van der Waals surface area contributed by atoms with Gasteiger partial charge in [-0.15, -0.1) is 0 Å². The number of carbonyl (C=O) groups excluding carboxylic acids is 1. The molecule has 0 aromatic carbocycles. The fourth-order valence-electron chi connectivity index (χ4n) is 1.43. The molecule has 1 saturated carbocycles. The Morgan fingerprint density at radius 2 is 2.43 bits per heavy atom. The highest BCUT2D eigenvalue weighted by molar-refractivity contribution is 5.98. The van der Waals surface area contributed by atoms with Gasteiger partial charge in [-0.25, -0.2) is 0 Å². The SMILES string of the molecule is CC1(C)CC1NC(=O)c1cn[nH]c1N. The van der Waals surface area contributed by atoms with Crippen molar-refractivity contribution >= 4 is 11.7 Å². The molecule has 1 fully saturated rings. The minimum absolute atomic E-state index is 0.146. The lowest BCUT2D eigenvalue weighted by Crippen LogP contribution is -2.28. The average molecular weight is 194 g/mol. The third-order valence-corrected chi connectivity index (χ3v) is 2.73. The Hall–Kier alpha value is -1.52. The number of anilines is 1. The van der Waals surface area contributed by atoms with Crippen LogP contribution in [0.4, 0.5) is 5.82 Å². The minimum Gasteiger partial charge on any atom is -0.383 e. The van der Waals surface area contributed by atoms with Crippen molar-refractivity contribution in [1.29, 1.82) is 0 Å². The van der Waals surface area contributed by atoms with Crippen molar-refractivity contribution in [3.63, 3.8) is 0 Å². The molecule has 5 nitrogen and oxygen atoms in total. The molecule has 0 spiro atoms. The molecule has 0 saturated heterocycles. The van der Waals surface area contributed by atoms with E-state index in [0.717, 1.165) is 6.42 Å². The molecule has 1 amide bonds. The van der Waals surface area contributed by atoms with Crippen molar-refractivity contribution in [2.75, 3.05) is 5.73 Å². The lowest BCUT2D eigenvalue weighted by molar-refractivity contribution is 0.0947. The summed E-state index contributed by atoms with van der Waals surface area (Å²) in [6, 6.07) is 0.268. The summed E-state index contributed by atoms with van der Waals surface area (Å²) in [6.07, 6.45) is 2.47. The van der Waals surface area contributed by atoms with Gasteiger partial charge in [0.25, 0.3) is 5.91 Å². The molecule has 5 heteroatoms. The van der Waals surface area contributed by atoms with E-state index in [1.807, 2.05) is 0 Å². The molecule has 76 valence electrons. The summed E-state index contributed by atoms with van der Waals surface area (Å²) in [5.41, 5.74) is 6.18. The first-order valence-corrected chi connectivity index (χ1v) is 4.60. The standard InChI is InChI=1S/C9H14N4O/c1-9(2)3-6(9)12-8(14)5-4-11-13-7(5)10/h4,6H,3H2,1-2H3,(H,12,14)(H3,10,11,13). The predicted molar refractivity (Wildman–Crippen MR) is 52.7 cm³/mol. The molecule has 1 aromatic rings. The Balaban J connectivity index is 2.01. The van der Waals surface area contributed by atoms with Crippen LogP contribution in [0.2, 0.25) is 0 Å². The summed E-state index contributed by atoms with van der Waals surface area (Å²) < 4.78 is 0. The van der Waals surface area contributed by atoms with Crippen molar-refractivity contribution in [3.8, 4) is 0 Å². The fraction of sp³-hybridized carbons (Fsp3) is 0.556. The third kappa shape index (κ3) is 1.45. The number of hydrogen-bond donors (Lipinski definition) is 3. The Kier molecular flexibility index (Phi) is 1.77. The molecule has 1 atom stereocenters. The van der Waals surface area contributed by atoms with Crippen molar-refractivity contribution in [2.24, 2.45) is 5.41 Å². The highest BCUT2D eigenvalue weighted by Crippen LogP contribution is 2.44. The van der Waals surface area contributed by atoms with Gasteiger partial charge in [0.2, 0.25) is 0 Å². The van der Waals surface area contributed by atoms with E-state index in [9.17, 15) is 4.79 Å². The molecule has 2 rings (SSSR count). The molecule has 1 unspecified atom stereocenters. The second-order valence-corrected chi connectivity index (χ2v) is 4.42. The summed E-state index contributed by atoms with van der Waals surface area (Å²) in [7, 11) is 0. The van der Waals surface area contributed by atoms with Gasteiger partial charge in [-0.1, -0.05) is 13.8 Å². The van der Waals surface area contributed by atoms with E-state index in [2.05, 4.69) is 29.4 Å². The number of H-pyrrole nitrogens is 1. The Morgan fingerprint density at radius 3 is 2.86 bits per heavy atom. The molecular weight excluding hydrogens is 180 g/mol. The van der Waals surface area contributed by atoms with Gasteiger partial charge in [-0.3, -0.25) is 9.89 Å². The van der Waals surface area contributed by atoms with Crippen LogP contribution in [0.25, 0.3) is 0 Å². The summed E-state index contributed by atoms with van der Waals surface area (Å²) in [5.74, 6) is 0.174. The lowest BCUT2D eigenvalue weighted by Gasteiger charge is -2.05. The maximum Gasteiger partial charge on any atom is 0.256 e. The van der Waals surface area contributed by atoms with E-state index < -0.39 is 0 Å². The third-order valence-electron chi connectivity index (χ3n) is 2.73. The minimum atomic E-state index is -0.146. The number of nitrogen functional groups attached to an aromatic ring is 1. The van der Waals surface area contributed by atoms with Crippen LogP contribution in [-0.2, 0) is 0 Å². The first kappa shape index (κ1) is 9.05. The summed E-state index contributed by atoms with van der Waals surface area (Å²) in [4.78, 5) is 11.6. The largest absolute Gasteiger partial charge is 0.383 e. The zero-order valence-electron chi connectivity index (χ0n) is 8.29. The summed E-state index contributed by atoms with van der Waals surface area (Å²) >= 11 is 0. The van der Waals surface area contributed by atoms with Gasteiger partial charge in [0.1, 0.15) is 11.4 Å². The van der Waals surface area contributed by atoms with Gasteiger partial charge < -0.3 is 11.1 Å². The highest BCUT2D eigenvalue weighted by Gasteiger charge is 2.46. The van der Waals surface area contributed by atoms with E-state index >= 15 is 0 Å².